The molecule has 4 nitrogen and oxygen atoms in total. The molecule has 1 heterocycles. The second kappa shape index (κ2) is 5.41. The van der Waals surface area contributed by atoms with Crippen LogP contribution in [0.1, 0.15) is 22.8 Å². The van der Waals surface area contributed by atoms with Crippen molar-refractivity contribution in [3.8, 4) is 17.9 Å². The molecule has 0 amide bonds. The molecule has 4 heteroatoms. The molecule has 0 aliphatic carbocycles. The van der Waals surface area contributed by atoms with Gasteiger partial charge in [-0.3, -0.25) is 4.98 Å². The van der Waals surface area contributed by atoms with Crippen molar-refractivity contribution in [1.29, 1.82) is 5.26 Å². The van der Waals surface area contributed by atoms with Gasteiger partial charge in [0.25, 0.3) is 0 Å². The Kier molecular flexibility index (Phi) is 3.88. The maximum absolute atomic E-state index is 11.3. The van der Waals surface area contributed by atoms with Crippen LogP contribution in [0.15, 0.2) is 18.5 Å². The van der Waals surface area contributed by atoms with Crippen LogP contribution in [0, 0.1) is 23.2 Å². The maximum atomic E-state index is 11.3. The fourth-order valence-corrected chi connectivity index (χ4v) is 0.934. The van der Waals surface area contributed by atoms with Gasteiger partial charge in [-0.15, -0.1) is 0 Å². The lowest BCUT2D eigenvalue weighted by molar-refractivity contribution is 0.0526. The smallest absolute Gasteiger partial charge is 0.339 e. The zero-order valence-electron chi connectivity index (χ0n) is 8.15. The summed E-state index contributed by atoms with van der Waals surface area (Å²) in [6.07, 6.45) is 2.88. The molecule has 0 aromatic carbocycles. The molecular weight excluding hydrogens is 192 g/mol. The average molecular weight is 200 g/mol. The molecule has 1 aromatic heterocycles. The Balaban J connectivity index is 2.93. The van der Waals surface area contributed by atoms with Crippen LogP contribution in [-0.4, -0.2) is 17.6 Å². The molecule has 0 spiro atoms. The van der Waals surface area contributed by atoms with Crippen LogP contribution in [0.5, 0.6) is 0 Å². The molecule has 0 radical (unpaired) electrons. The van der Waals surface area contributed by atoms with E-state index in [9.17, 15) is 4.79 Å². The molecule has 0 N–H and O–H groups in total. The van der Waals surface area contributed by atoms with Gasteiger partial charge >= 0.3 is 5.97 Å². The van der Waals surface area contributed by atoms with Gasteiger partial charge < -0.3 is 4.74 Å². The van der Waals surface area contributed by atoms with Gasteiger partial charge in [-0.05, 0) is 18.9 Å². The lowest BCUT2D eigenvalue weighted by Crippen LogP contribution is -2.05. The number of nitriles is 1. The molecule has 1 aromatic rings. The van der Waals surface area contributed by atoms with Gasteiger partial charge in [0.05, 0.1) is 12.2 Å². The first-order chi connectivity index (χ1) is 7.27. The van der Waals surface area contributed by atoms with Gasteiger partial charge in [-0.1, -0.05) is 0 Å². The predicted molar refractivity (Wildman–Crippen MR) is 52.7 cm³/mol. The highest BCUT2D eigenvalue weighted by Gasteiger charge is 2.06. The second-order valence-electron chi connectivity index (χ2n) is 2.54. The fourth-order valence-electron chi connectivity index (χ4n) is 0.934. The molecule has 15 heavy (non-hydrogen) atoms. The topological polar surface area (TPSA) is 63.0 Å². The zero-order chi connectivity index (χ0) is 11.1. The van der Waals surface area contributed by atoms with Gasteiger partial charge in [0.2, 0.25) is 0 Å². The molecule has 0 bridgehead atoms. The van der Waals surface area contributed by atoms with Gasteiger partial charge in [0.15, 0.2) is 6.07 Å². The number of rotatable bonds is 2. The quantitative estimate of drug-likeness (QED) is 0.530. The second-order valence-corrected chi connectivity index (χ2v) is 2.54. The summed E-state index contributed by atoms with van der Waals surface area (Å²) in [7, 11) is 0. The average Bonchev–Trinajstić information content (AvgIpc) is 2.27. The predicted octanol–water partition coefficient (Wildman–Crippen LogP) is 1.13. The molecule has 0 saturated carbocycles. The van der Waals surface area contributed by atoms with E-state index in [-0.39, 0.29) is 0 Å². The summed E-state index contributed by atoms with van der Waals surface area (Å²) in [4.78, 5) is 15.1. The van der Waals surface area contributed by atoms with Crippen molar-refractivity contribution in [2.45, 2.75) is 6.92 Å². The van der Waals surface area contributed by atoms with Gasteiger partial charge in [-0.2, -0.15) is 5.26 Å². The van der Waals surface area contributed by atoms with E-state index in [0.717, 1.165) is 0 Å². The standard InChI is InChI=1S/C11H8N2O2/c1-2-15-11(14)10-6-9(4-3-5-12)7-13-8-10/h6-8H,2H2,1H3. The van der Waals surface area contributed by atoms with Crippen molar-refractivity contribution in [1.82, 2.24) is 4.98 Å². The Morgan fingerprint density at radius 3 is 3.07 bits per heavy atom. The molecular formula is C11H8N2O2. The highest BCUT2D eigenvalue weighted by molar-refractivity contribution is 5.89. The third-order valence-electron chi connectivity index (χ3n) is 1.51. The largest absolute Gasteiger partial charge is 0.462 e. The number of carbonyl (C=O) groups excluding carboxylic acids is 1. The van der Waals surface area contributed by atoms with E-state index in [1.807, 2.05) is 0 Å². The Morgan fingerprint density at radius 1 is 1.60 bits per heavy atom. The van der Waals surface area contributed by atoms with Crippen molar-refractivity contribution in [3.63, 3.8) is 0 Å². The van der Waals surface area contributed by atoms with E-state index in [4.69, 9.17) is 10.00 Å². The fraction of sp³-hybridized carbons (Fsp3) is 0.182. The lowest BCUT2D eigenvalue weighted by Gasteiger charge is -2.00. The van der Waals surface area contributed by atoms with Crippen LogP contribution >= 0.6 is 0 Å². The van der Waals surface area contributed by atoms with Crippen LogP contribution in [-0.2, 0) is 4.74 Å². The van der Waals surface area contributed by atoms with Crippen molar-refractivity contribution in [2.24, 2.45) is 0 Å². The summed E-state index contributed by atoms with van der Waals surface area (Å²) in [5.74, 6) is 4.34. The molecule has 0 saturated heterocycles. The Labute approximate surface area is 87.5 Å². The Bertz CT molecular complexity index is 463. The van der Waals surface area contributed by atoms with Crippen molar-refractivity contribution in [3.05, 3.63) is 29.6 Å². The summed E-state index contributed by atoms with van der Waals surface area (Å²) < 4.78 is 4.80. The summed E-state index contributed by atoms with van der Waals surface area (Å²) in [6, 6.07) is 3.22. The minimum absolute atomic E-state index is 0.312. The third kappa shape index (κ3) is 3.13. The van der Waals surface area contributed by atoms with Crippen LogP contribution in [0.3, 0.4) is 0 Å². The minimum atomic E-state index is -0.439. The molecule has 0 aliphatic heterocycles. The first-order valence-corrected chi connectivity index (χ1v) is 4.30. The number of nitrogens with zero attached hydrogens (tertiary/aromatic N) is 2. The molecule has 0 aliphatic rings. The number of esters is 1. The van der Waals surface area contributed by atoms with Crippen molar-refractivity contribution < 1.29 is 9.53 Å². The Hall–Kier alpha value is -2.33. The summed E-state index contributed by atoms with van der Waals surface area (Å²) >= 11 is 0. The summed E-state index contributed by atoms with van der Waals surface area (Å²) in [5, 5.41) is 8.25. The number of ether oxygens (including phenoxy) is 1. The number of carbonyl (C=O) groups is 1. The first kappa shape index (κ1) is 10.7. The van der Waals surface area contributed by atoms with E-state index < -0.39 is 5.97 Å². The molecule has 1 rings (SSSR count). The van der Waals surface area contributed by atoms with Gasteiger partial charge in [0, 0.05) is 23.9 Å². The van der Waals surface area contributed by atoms with Crippen LogP contribution < -0.4 is 0 Å². The summed E-state index contributed by atoms with van der Waals surface area (Å²) in [6.45, 7) is 2.04. The maximum Gasteiger partial charge on any atom is 0.339 e. The van der Waals surface area contributed by atoms with Gasteiger partial charge in [0.1, 0.15) is 0 Å². The normalized spacial score (nSPS) is 8.27. The number of hydrogen-bond acceptors (Lipinski definition) is 4. The van der Waals surface area contributed by atoms with Crippen LogP contribution in [0.2, 0.25) is 0 Å². The van der Waals surface area contributed by atoms with E-state index in [0.29, 0.717) is 17.7 Å². The SMILES string of the molecule is CCOC(=O)c1cncc(C#CC#N)c1. The Morgan fingerprint density at radius 2 is 2.40 bits per heavy atom. The monoisotopic (exact) mass is 200 g/mol. The number of pyridine rings is 1. The van der Waals surface area contributed by atoms with Crippen LogP contribution in [0.4, 0.5) is 0 Å². The first-order valence-electron chi connectivity index (χ1n) is 4.30. The highest BCUT2D eigenvalue weighted by Crippen LogP contribution is 2.03. The molecule has 74 valence electrons. The van der Waals surface area contributed by atoms with Crippen molar-refractivity contribution in [2.75, 3.05) is 6.61 Å². The van der Waals surface area contributed by atoms with Crippen molar-refractivity contribution >= 4 is 5.97 Å². The van der Waals surface area contributed by atoms with E-state index >= 15 is 0 Å². The lowest BCUT2D eigenvalue weighted by atomic mass is 10.2. The zero-order valence-corrected chi connectivity index (χ0v) is 8.15. The number of hydrogen-bond donors (Lipinski definition) is 0. The van der Waals surface area contributed by atoms with E-state index in [1.165, 1.54) is 18.5 Å². The van der Waals surface area contributed by atoms with Crippen LogP contribution in [0.25, 0.3) is 0 Å². The molecule has 0 unspecified atom stereocenters. The molecule has 0 atom stereocenters. The summed E-state index contributed by atoms with van der Waals surface area (Å²) in [5.41, 5.74) is 0.851. The van der Waals surface area contributed by atoms with Gasteiger partial charge in [-0.25, -0.2) is 4.79 Å². The van der Waals surface area contributed by atoms with E-state index in [2.05, 4.69) is 16.8 Å². The molecule has 0 fully saturated rings. The highest BCUT2D eigenvalue weighted by atomic mass is 16.5. The minimum Gasteiger partial charge on any atom is -0.462 e. The third-order valence-corrected chi connectivity index (χ3v) is 1.51. The number of aromatic nitrogens is 1. The van der Waals surface area contributed by atoms with E-state index in [1.54, 1.807) is 13.0 Å².